The number of carbonyl (C=O) groups is 3. The number of ketones is 1. The van der Waals surface area contributed by atoms with Gasteiger partial charge in [0.25, 0.3) is 11.8 Å². The van der Waals surface area contributed by atoms with Crippen LogP contribution < -0.4 is 11.1 Å². The van der Waals surface area contributed by atoms with Gasteiger partial charge in [-0.05, 0) is 18.6 Å². The van der Waals surface area contributed by atoms with E-state index in [0.717, 1.165) is 0 Å². The fourth-order valence-electron chi connectivity index (χ4n) is 2.03. The van der Waals surface area contributed by atoms with E-state index in [2.05, 4.69) is 16.0 Å². The van der Waals surface area contributed by atoms with Crippen LogP contribution in [0, 0.1) is 6.42 Å². The lowest BCUT2D eigenvalue weighted by Gasteiger charge is -2.15. The van der Waals surface area contributed by atoms with E-state index in [1.165, 1.54) is 0 Å². The smallest absolute Gasteiger partial charge is 0.325 e. The molecule has 0 aliphatic heterocycles. The third kappa shape index (κ3) is 4.37. The SMILES string of the molecule is CC[C@H](NC(=O)[CH]CC(F)(F)C(N)=O)C(=O)c1nc2ccccc2o1. The van der Waals surface area contributed by atoms with Crippen LogP contribution in [0.3, 0.4) is 0 Å². The van der Waals surface area contributed by atoms with Gasteiger partial charge < -0.3 is 15.5 Å². The highest BCUT2D eigenvalue weighted by Gasteiger charge is 2.37. The number of nitrogens with one attached hydrogen (secondary N) is 1. The highest BCUT2D eigenvalue weighted by molar-refractivity contribution is 6.01. The molecule has 1 atom stereocenters. The van der Waals surface area contributed by atoms with Crippen LogP contribution in [-0.4, -0.2) is 34.5 Å². The summed E-state index contributed by atoms with van der Waals surface area (Å²) in [6.07, 6.45) is -0.377. The minimum absolute atomic E-state index is 0.184. The predicted octanol–water partition coefficient (Wildman–Crippen LogP) is 1.62. The molecule has 1 aromatic heterocycles. The maximum absolute atomic E-state index is 13.1. The Balaban J connectivity index is 2.02. The van der Waals surface area contributed by atoms with Crippen molar-refractivity contribution in [2.45, 2.75) is 31.7 Å². The van der Waals surface area contributed by atoms with Gasteiger partial charge in [-0.3, -0.25) is 14.4 Å². The highest BCUT2D eigenvalue weighted by atomic mass is 19.3. The van der Waals surface area contributed by atoms with Crippen LogP contribution in [0.1, 0.15) is 30.5 Å². The zero-order chi connectivity index (χ0) is 18.6. The van der Waals surface area contributed by atoms with E-state index in [1.807, 2.05) is 0 Å². The molecule has 0 unspecified atom stereocenters. The van der Waals surface area contributed by atoms with Gasteiger partial charge in [0.05, 0.1) is 12.5 Å². The van der Waals surface area contributed by atoms with E-state index in [0.29, 0.717) is 17.5 Å². The minimum Gasteiger partial charge on any atom is -0.434 e. The van der Waals surface area contributed by atoms with Gasteiger partial charge in [-0.1, -0.05) is 19.1 Å². The van der Waals surface area contributed by atoms with Gasteiger partial charge >= 0.3 is 5.92 Å². The Morgan fingerprint density at radius 1 is 1.36 bits per heavy atom. The number of benzene rings is 1. The van der Waals surface area contributed by atoms with Crippen molar-refractivity contribution in [3.8, 4) is 0 Å². The summed E-state index contributed by atoms with van der Waals surface area (Å²) in [7, 11) is 0. The Hall–Kier alpha value is -2.84. The fourth-order valence-corrected chi connectivity index (χ4v) is 2.03. The minimum atomic E-state index is -3.83. The number of nitrogens with two attached hydrogens (primary N) is 1. The van der Waals surface area contributed by atoms with Crippen molar-refractivity contribution in [1.82, 2.24) is 10.3 Å². The van der Waals surface area contributed by atoms with Gasteiger partial charge in [-0.25, -0.2) is 4.98 Å². The largest absolute Gasteiger partial charge is 0.434 e. The second kappa shape index (κ2) is 7.37. The van der Waals surface area contributed by atoms with E-state index < -0.39 is 36.0 Å². The van der Waals surface area contributed by atoms with Crippen molar-refractivity contribution in [2.24, 2.45) is 5.73 Å². The summed E-state index contributed by atoms with van der Waals surface area (Å²) in [4.78, 5) is 38.7. The van der Waals surface area contributed by atoms with Crippen LogP contribution in [0.25, 0.3) is 11.1 Å². The van der Waals surface area contributed by atoms with Gasteiger partial charge in [0.2, 0.25) is 11.7 Å². The zero-order valence-electron chi connectivity index (χ0n) is 13.3. The number of hydrogen-bond acceptors (Lipinski definition) is 5. The molecule has 7 nitrogen and oxygen atoms in total. The molecule has 1 aromatic carbocycles. The number of carbonyl (C=O) groups excluding carboxylic acids is 3. The molecule has 0 aliphatic carbocycles. The Labute approximate surface area is 141 Å². The molecule has 0 saturated heterocycles. The number of Topliss-reactive ketones (excluding diaryl/α,β-unsaturated/α-hetero) is 1. The number of oxazole rings is 1. The number of hydrogen-bond donors (Lipinski definition) is 2. The molecule has 9 heteroatoms. The number of fused-ring (bicyclic) bond motifs is 1. The van der Waals surface area contributed by atoms with Gasteiger partial charge in [0.1, 0.15) is 5.52 Å². The average molecular weight is 352 g/mol. The van der Waals surface area contributed by atoms with Gasteiger partial charge in [-0.15, -0.1) is 0 Å². The summed E-state index contributed by atoms with van der Waals surface area (Å²) in [5.41, 5.74) is 5.43. The predicted molar refractivity (Wildman–Crippen MR) is 83.6 cm³/mol. The number of aromatic nitrogens is 1. The summed E-state index contributed by atoms with van der Waals surface area (Å²) in [6, 6.07) is 5.74. The second-order valence-corrected chi connectivity index (χ2v) is 5.30. The third-order valence-corrected chi connectivity index (χ3v) is 3.45. The Morgan fingerprint density at radius 2 is 2.04 bits per heavy atom. The summed E-state index contributed by atoms with van der Waals surface area (Å²) < 4.78 is 31.5. The summed E-state index contributed by atoms with van der Waals surface area (Å²) >= 11 is 0. The molecule has 25 heavy (non-hydrogen) atoms. The van der Waals surface area contributed by atoms with E-state index >= 15 is 0 Å². The summed E-state index contributed by atoms with van der Waals surface area (Å²) in [6.45, 7) is 1.63. The molecule has 0 fully saturated rings. The molecule has 3 N–H and O–H groups in total. The molecule has 2 amide bonds. The molecule has 0 bridgehead atoms. The topological polar surface area (TPSA) is 115 Å². The lowest BCUT2D eigenvalue weighted by Crippen LogP contribution is -2.42. The standard InChI is InChI=1S/C16H16F2N3O4/c1-2-9(20-12(22)7-8-16(17,18)15(19)24)13(23)14-21-10-5-3-4-6-11(10)25-14/h3-7,9H,2,8H2,1H3,(H2,19,24)(H,20,22)/t9-/m0/s1. The van der Waals surface area contributed by atoms with Crippen molar-refractivity contribution in [3.63, 3.8) is 0 Å². The zero-order valence-corrected chi connectivity index (χ0v) is 13.3. The molecule has 2 rings (SSSR count). The number of alkyl halides is 2. The first-order valence-corrected chi connectivity index (χ1v) is 7.46. The molecule has 1 heterocycles. The molecule has 0 aliphatic rings. The first kappa shape index (κ1) is 18.5. The summed E-state index contributed by atoms with van der Waals surface area (Å²) in [5.74, 6) is -7.34. The average Bonchev–Trinajstić information content (AvgIpc) is 3.01. The first-order valence-electron chi connectivity index (χ1n) is 7.46. The van der Waals surface area contributed by atoms with Gasteiger partial charge in [-0.2, -0.15) is 8.78 Å². The molecular formula is C16H16F2N3O4. The second-order valence-electron chi connectivity index (χ2n) is 5.30. The van der Waals surface area contributed by atoms with E-state index in [4.69, 9.17) is 4.42 Å². The van der Waals surface area contributed by atoms with Crippen molar-refractivity contribution < 1.29 is 27.6 Å². The monoisotopic (exact) mass is 352 g/mol. The Morgan fingerprint density at radius 3 is 2.64 bits per heavy atom. The normalized spacial score (nSPS) is 12.8. The first-order chi connectivity index (χ1) is 11.7. The lowest BCUT2D eigenvalue weighted by atomic mass is 10.1. The van der Waals surface area contributed by atoms with E-state index in [-0.39, 0.29) is 12.3 Å². The van der Waals surface area contributed by atoms with Crippen LogP contribution in [0.4, 0.5) is 8.78 Å². The van der Waals surface area contributed by atoms with Crippen molar-refractivity contribution in [3.05, 3.63) is 36.6 Å². The maximum Gasteiger partial charge on any atom is 0.325 e. The van der Waals surface area contributed by atoms with Crippen LogP contribution in [0.15, 0.2) is 28.7 Å². The van der Waals surface area contributed by atoms with Crippen LogP contribution >= 0.6 is 0 Å². The molecule has 133 valence electrons. The number of rotatable bonds is 8. The highest BCUT2D eigenvalue weighted by Crippen LogP contribution is 2.19. The summed E-state index contributed by atoms with van der Waals surface area (Å²) in [5, 5.41) is 2.29. The van der Waals surface area contributed by atoms with Gasteiger partial charge in [0, 0.05) is 6.42 Å². The number of primary amides is 1. The number of halogens is 2. The number of amides is 2. The Bertz CT molecular complexity index is 771. The van der Waals surface area contributed by atoms with Crippen LogP contribution in [-0.2, 0) is 9.59 Å². The molecule has 2 aromatic rings. The van der Waals surface area contributed by atoms with E-state index in [1.54, 1.807) is 31.2 Å². The van der Waals surface area contributed by atoms with E-state index in [9.17, 15) is 23.2 Å². The Kier molecular flexibility index (Phi) is 5.45. The number of para-hydroxylation sites is 2. The molecule has 1 radical (unpaired) electrons. The maximum atomic E-state index is 13.1. The lowest BCUT2D eigenvalue weighted by molar-refractivity contribution is -0.142. The quantitative estimate of drug-likeness (QED) is 0.701. The van der Waals surface area contributed by atoms with Crippen molar-refractivity contribution in [2.75, 3.05) is 0 Å². The molecule has 0 saturated carbocycles. The third-order valence-electron chi connectivity index (χ3n) is 3.45. The number of nitrogens with zero attached hydrogens (tertiary/aromatic N) is 1. The molecule has 0 spiro atoms. The molecular weight excluding hydrogens is 336 g/mol. The van der Waals surface area contributed by atoms with Crippen LogP contribution in [0.2, 0.25) is 0 Å². The van der Waals surface area contributed by atoms with Gasteiger partial charge in [0.15, 0.2) is 5.58 Å². The van der Waals surface area contributed by atoms with Crippen LogP contribution in [0.5, 0.6) is 0 Å². The fraction of sp³-hybridized carbons (Fsp3) is 0.312. The van der Waals surface area contributed by atoms with Crippen molar-refractivity contribution in [1.29, 1.82) is 0 Å². The van der Waals surface area contributed by atoms with Crippen molar-refractivity contribution >= 4 is 28.7 Å².